The standard InChI is InChI=1S/C15H19BrO3/c1-3-9-19-14-7-6-12(16)10-13(14)11(4-2)5-8-15(17)18/h5-7,10H,3-4,8-9H2,1-2H3,(H,17,18)/b11-5+. The van der Waals surface area contributed by atoms with Gasteiger partial charge in [-0.1, -0.05) is 35.9 Å². The van der Waals surface area contributed by atoms with Gasteiger partial charge in [0.25, 0.3) is 0 Å². The minimum absolute atomic E-state index is 0.0307. The van der Waals surface area contributed by atoms with E-state index in [2.05, 4.69) is 22.9 Å². The number of rotatable bonds is 7. The first-order chi connectivity index (χ1) is 9.08. The van der Waals surface area contributed by atoms with Crippen molar-refractivity contribution in [2.75, 3.05) is 6.61 Å². The van der Waals surface area contributed by atoms with E-state index in [1.807, 2.05) is 25.1 Å². The average molecular weight is 327 g/mol. The Hall–Kier alpha value is -1.29. The second-order valence-electron chi connectivity index (χ2n) is 4.17. The topological polar surface area (TPSA) is 46.5 Å². The normalized spacial score (nSPS) is 11.4. The van der Waals surface area contributed by atoms with Crippen LogP contribution >= 0.6 is 15.9 Å². The van der Waals surface area contributed by atoms with Crippen LogP contribution in [0.25, 0.3) is 5.57 Å². The van der Waals surface area contributed by atoms with Crippen LogP contribution in [0.3, 0.4) is 0 Å². The number of halogens is 1. The van der Waals surface area contributed by atoms with E-state index in [1.165, 1.54) is 0 Å². The summed E-state index contributed by atoms with van der Waals surface area (Å²) in [6.07, 6.45) is 3.49. The van der Waals surface area contributed by atoms with Gasteiger partial charge in [0, 0.05) is 10.0 Å². The molecule has 1 aromatic carbocycles. The summed E-state index contributed by atoms with van der Waals surface area (Å²) < 4.78 is 6.68. The molecule has 1 rings (SSSR count). The van der Waals surface area contributed by atoms with Crippen LogP contribution in [0, 0.1) is 0 Å². The summed E-state index contributed by atoms with van der Waals surface area (Å²) in [6, 6.07) is 5.82. The molecule has 0 spiro atoms. The first-order valence-electron chi connectivity index (χ1n) is 6.42. The van der Waals surface area contributed by atoms with Gasteiger partial charge >= 0.3 is 5.97 Å². The van der Waals surface area contributed by atoms with Crippen LogP contribution in [-0.2, 0) is 4.79 Å². The van der Waals surface area contributed by atoms with Crippen LogP contribution in [0.15, 0.2) is 28.7 Å². The summed E-state index contributed by atoms with van der Waals surface area (Å²) in [5, 5.41) is 8.79. The lowest BCUT2D eigenvalue weighted by Crippen LogP contribution is -1.99. The summed E-state index contributed by atoms with van der Waals surface area (Å²) in [4.78, 5) is 10.7. The number of carboxylic acid groups (broad SMARTS) is 1. The summed E-state index contributed by atoms with van der Waals surface area (Å²) >= 11 is 3.44. The molecule has 1 aromatic rings. The summed E-state index contributed by atoms with van der Waals surface area (Å²) in [6.45, 7) is 4.72. The zero-order chi connectivity index (χ0) is 14.3. The largest absolute Gasteiger partial charge is 0.493 e. The van der Waals surface area contributed by atoms with Crippen LogP contribution in [0.4, 0.5) is 0 Å². The minimum Gasteiger partial charge on any atom is -0.493 e. The fourth-order valence-corrected chi connectivity index (χ4v) is 2.11. The van der Waals surface area contributed by atoms with Gasteiger partial charge in [-0.15, -0.1) is 0 Å². The third kappa shape index (κ3) is 5.07. The number of carboxylic acids is 1. The summed E-state index contributed by atoms with van der Waals surface area (Å²) in [7, 11) is 0. The highest BCUT2D eigenvalue weighted by atomic mass is 79.9. The smallest absolute Gasteiger partial charge is 0.307 e. The molecule has 0 heterocycles. The van der Waals surface area contributed by atoms with Gasteiger partial charge in [0.2, 0.25) is 0 Å². The second kappa shape index (κ2) is 8.00. The molecule has 0 unspecified atom stereocenters. The third-order valence-corrected chi connectivity index (χ3v) is 3.15. The van der Waals surface area contributed by atoms with Crippen LogP contribution < -0.4 is 4.74 Å². The second-order valence-corrected chi connectivity index (χ2v) is 5.09. The van der Waals surface area contributed by atoms with Crippen molar-refractivity contribution in [1.29, 1.82) is 0 Å². The van der Waals surface area contributed by atoms with Crippen molar-refractivity contribution in [2.45, 2.75) is 33.1 Å². The van der Waals surface area contributed by atoms with E-state index in [0.717, 1.165) is 34.2 Å². The van der Waals surface area contributed by atoms with E-state index < -0.39 is 5.97 Å². The lowest BCUT2D eigenvalue weighted by molar-refractivity contribution is -0.135. The predicted molar refractivity (Wildman–Crippen MR) is 80.4 cm³/mol. The molecule has 0 aromatic heterocycles. The molecular formula is C15H19BrO3. The molecule has 0 saturated heterocycles. The average Bonchev–Trinajstić information content (AvgIpc) is 2.38. The number of hydrogen-bond donors (Lipinski definition) is 1. The first kappa shape index (κ1) is 15.8. The quantitative estimate of drug-likeness (QED) is 0.802. The Bertz CT molecular complexity index is 466. The van der Waals surface area contributed by atoms with Crippen LogP contribution in [0.5, 0.6) is 5.75 Å². The predicted octanol–water partition coefficient (Wildman–Crippen LogP) is 4.51. The Kier molecular flexibility index (Phi) is 6.64. The van der Waals surface area contributed by atoms with Gasteiger partial charge in [-0.3, -0.25) is 4.79 Å². The molecule has 0 bridgehead atoms. The van der Waals surface area contributed by atoms with Crippen molar-refractivity contribution in [2.24, 2.45) is 0 Å². The van der Waals surface area contributed by atoms with Crippen molar-refractivity contribution in [1.82, 2.24) is 0 Å². The molecule has 0 saturated carbocycles. The highest BCUT2D eigenvalue weighted by Gasteiger charge is 2.09. The Morgan fingerprint density at radius 1 is 1.42 bits per heavy atom. The van der Waals surface area contributed by atoms with Gasteiger partial charge in [0.1, 0.15) is 5.75 Å². The monoisotopic (exact) mass is 326 g/mol. The molecule has 0 radical (unpaired) electrons. The molecule has 0 amide bonds. The van der Waals surface area contributed by atoms with E-state index >= 15 is 0 Å². The van der Waals surface area contributed by atoms with E-state index in [4.69, 9.17) is 9.84 Å². The highest BCUT2D eigenvalue weighted by Crippen LogP contribution is 2.31. The van der Waals surface area contributed by atoms with Gasteiger partial charge in [0.05, 0.1) is 13.0 Å². The summed E-state index contributed by atoms with van der Waals surface area (Å²) in [5.74, 6) is -0.0134. The Balaban J connectivity index is 3.09. The van der Waals surface area contributed by atoms with E-state index in [-0.39, 0.29) is 6.42 Å². The van der Waals surface area contributed by atoms with Crippen molar-refractivity contribution in [3.05, 3.63) is 34.3 Å². The molecule has 0 aliphatic carbocycles. The maximum atomic E-state index is 10.7. The third-order valence-electron chi connectivity index (χ3n) is 2.65. The van der Waals surface area contributed by atoms with Crippen LogP contribution in [0.1, 0.15) is 38.7 Å². The Labute approximate surface area is 122 Å². The van der Waals surface area contributed by atoms with Crippen LogP contribution in [0.2, 0.25) is 0 Å². The molecule has 4 heteroatoms. The van der Waals surface area contributed by atoms with Gasteiger partial charge in [-0.25, -0.2) is 0 Å². The lowest BCUT2D eigenvalue weighted by Gasteiger charge is -2.13. The number of allylic oxidation sites excluding steroid dienone is 1. The SMILES string of the molecule is CCCOc1ccc(Br)cc1/C(=C/CC(=O)O)CC. The zero-order valence-electron chi connectivity index (χ0n) is 11.3. The number of hydrogen-bond acceptors (Lipinski definition) is 2. The molecule has 1 N–H and O–H groups in total. The molecule has 0 aliphatic heterocycles. The number of carbonyl (C=O) groups is 1. The van der Waals surface area contributed by atoms with Crippen molar-refractivity contribution < 1.29 is 14.6 Å². The fraction of sp³-hybridized carbons (Fsp3) is 0.400. The number of aliphatic carboxylic acids is 1. The van der Waals surface area contributed by atoms with Gasteiger partial charge in [0.15, 0.2) is 0 Å². The van der Waals surface area contributed by atoms with Crippen molar-refractivity contribution in [3.8, 4) is 5.75 Å². The van der Waals surface area contributed by atoms with E-state index in [0.29, 0.717) is 6.61 Å². The molecule has 3 nitrogen and oxygen atoms in total. The minimum atomic E-state index is -0.822. The molecule has 0 aliphatic rings. The van der Waals surface area contributed by atoms with E-state index in [1.54, 1.807) is 6.08 Å². The molecular weight excluding hydrogens is 308 g/mol. The zero-order valence-corrected chi connectivity index (χ0v) is 12.9. The van der Waals surface area contributed by atoms with E-state index in [9.17, 15) is 4.79 Å². The van der Waals surface area contributed by atoms with Gasteiger partial charge in [-0.05, 0) is 36.6 Å². The van der Waals surface area contributed by atoms with Crippen LogP contribution in [-0.4, -0.2) is 17.7 Å². The van der Waals surface area contributed by atoms with Gasteiger partial charge < -0.3 is 9.84 Å². The number of benzene rings is 1. The van der Waals surface area contributed by atoms with Gasteiger partial charge in [-0.2, -0.15) is 0 Å². The molecule has 19 heavy (non-hydrogen) atoms. The fourth-order valence-electron chi connectivity index (χ4n) is 1.75. The maximum Gasteiger partial charge on any atom is 0.307 e. The number of ether oxygens (including phenoxy) is 1. The Morgan fingerprint density at radius 3 is 2.74 bits per heavy atom. The molecule has 0 atom stereocenters. The highest BCUT2D eigenvalue weighted by molar-refractivity contribution is 9.10. The Morgan fingerprint density at radius 2 is 2.16 bits per heavy atom. The maximum absolute atomic E-state index is 10.7. The van der Waals surface area contributed by atoms with Crippen molar-refractivity contribution >= 4 is 27.5 Å². The summed E-state index contributed by atoms with van der Waals surface area (Å²) in [5.41, 5.74) is 1.96. The van der Waals surface area contributed by atoms with Crippen molar-refractivity contribution in [3.63, 3.8) is 0 Å². The molecule has 0 fully saturated rings. The lowest BCUT2D eigenvalue weighted by atomic mass is 10.0. The first-order valence-corrected chi connectivity index (χ1v) is 7.21. The molecule has 104 valence electrons.